The minimum Gasteiger partial charge on any atom is -0.407 e. The molecule has 29 heavy (non-hydrogen) atoms. The Hall–Kier alpha value is -2.26. The van der Waals surface area contributed by atoms with Crippen LogP contribution in [0.2, 0.25) is 0 Å². The average Bonchev–Trinajstić information content (AvgIpc) is 3.10. The Kier molecular flexibility index (Phi) is 5.82. The van der Waals surface area contributed by atoms with Crippen molar-refractivity contribution in [2.24, 2.45) is 11.8 Å². The van der Waals surface area contributed by atoms with Crippen LogP contribution in [-0.2, 0) is 15.4 Å². The van der Waals surface area contributed by atoms with Crippen molar-refractivity contribution in [2.75, 3.05) is 18.4 Å². The lowest BCUT2D eigenvalue weighted by Gasteiger charge is -2.34. The van der Waals surface area contributed by atoms with Crippen molar-refractivity contribution in [1.29, 1.82) is 0 Å². The first-order valence-electron chi connectivity index (χ1n) is 9.72. The Balaban J connectivity index is 1.72. The molecule has 1 aromatic heterocycles. The van der Waals surface area contributed by atoms with Gasteiger partial charge in [-0.3, -0.25) is 10.1 Å². The van der Waals surface area contributed by atoms with E-state index in [0.29, 0.717) is 36.4 Å². The summed E-state index contributed by atoms with van der Waals surface area (Å²) in [5.74, 6) is 0.620. The third-order valence-corrected chi connectivity index (χ3v) is 6.72. The van der Waals surface area contributed by atoms with Gasteiger partial charge in [0.1, 0.15) is 0 Å². The Morgan fingerprint density at radius 3 is 2.21 bits per heavy atom. The summed E-state index contributed by atoms with van der Waals surface area (Å²) in [6.07, 6.45) is 1.03. The van der Waals surface area contributed by atoms with Crippen molar-refractivity contribution >= 4 is 21.9 Å². The van der Waals surface area contributed by atoms with E-state index in [1.54, 1.807) is 0 Å². The van der Waals surface area contributed by atoms with Gasteiger partial charge in [-0.1, -0.05) is 39.7 Å². The second-order valence-corrected chi connectivity index (χ2v) is 10.8. The first-order valence-corrected chi connectivity index (χ1v) is 11.2. The molecule has 3 rings (SSSR count). The summed E-state index contributed by atoms with van der Waals surface area (Å²) >= 11 is 0. The number of aromatic nitrogens is 2. The third-order valence-electron chi connectivity index (χ3n) is 4.88. The van der Waals surface area contributed by atoms with Crippen LogP contribution in [0.15, 0.2) is 33.6 Å². The standard InChI is InChI=1S/C20H28N4O4S/c1-13-10-14(2)12-24(11-13)29(26,27)16-8-6-15(7-9-16)17(25)21-19-23-22-18(28-19)20(3,4)5/h6-9,13-14H,10-12H2,1-5H3,(H,21,23,25)/t13-,14-/m1/s1. The normalized spacial score (nSPS) is 21.1. The number of nitrogens with one attached hydrogen (secondary N) is 1. The molecule has 1 N–H and O–H groups in total. The molecule has 158 valence electrons. The third kappa shape index (κ3) is 4.84. The van der Waals surface area contributed by atoms with Gasteiger partial charge in [-0.15, -0.1) is 5.10 Å². The Morgan fingerprint density at radius 2 is 1.69 bits per heavy atom. The summed E-state index contributed by atoms with van der Waals surface area (Å²) in [5.41, 5.74) is -0.0186. The molecule has 1 fully saturated rings. The van der Waals surface area contributed by atoms with Gasteiger partial charge in [0.15, 0.2) is 0 Å². The maximum absolute atomic E-state index is 12.9. The van der Waals surface area contributed by atoms with Crippen LogP contribution in [-0.4, -0.2) is 41.9 Å². The molecule has 1 aliphatic rings. The minimum atomic E-state index is -3.58. The maximum Gasteiger partial charge on any atom is 0.322 e. The molecule has 1 aromatic carbocycles. The van der Waals surface area contributed by atoms with E-state index in [1.807, 2.05) is 20.8 Å². The van der Waals surface area contributed by atoms with Crippen LogP contribution >= 0.6 is 0 Å². The highest BCUT2D eigenvalue weighted by Crippen LogP contribution is 2.27. The highest BCUT2D eigenvalue weighted by Gasteiger charge is 2.31. The smallest absolute Gasteiger partial charge is 0.322 e. The molecule has 1 aliphatic heterocycles. The maximum atomic E-state index is 12.9. The van der Waals surface area contributed by atoms with Crippen LogP contribution in [0, 0.1) is 11.8 Å². The first-order chi connectivity index (χ1) is 13.5. The lowest BCUT2D eigenvalue weighted by atomic mass is 9.94. The van der Waals surface area contributed by atoms with Gasteiger partial charge in [0, 0.05) is 24.1 Å². The van der Waals surface area contributed by atoms with E-state index in [-0.39, 0.29) is 16.3 Å². The number of amides is 1. The number of benzene rings is 1. The molecular formula is C20H28N4O4S. The molecule has 2 heterocycles. The van der Waals surface area contributed by atoms with E-state index < -0.39 is 15.9 Å². The SMILES string of the molecule is C[C@@H]1C[C@@H](C)CN(S(=O)(=O)c2ccc(C(=O)Nc3nnc(C(C)(C)C)o3)cc2)C1. The van der Waals surface area contributed by atoms with E-state index in [4.69, 9.17) is 4.42 Å². The van der Waals surface area contributed by atoms with Crippen LogP contribution in [0.25, 0.3) is 0 Å². The summed E-state index contributed by atoms with van der Waals surface area (Å²) in [7, 11) is -3.58. The zero-order chi connectivity index (χ0) is 21.4. The highest BCUT2D eigenvalue weighted by atomic mass is 32.2. The summed E-state index contributed by atoms with van der Waals surface area (Å²) in [4.78, 5) is 12.6. The molecule has 2 atom stereocenters. The zero-order valence-electron chi connectivity index (χ0n) is 17.5. The van der Waals surface area contributed by atoms with Crippen molar-refractivity contribution in [3.8, 4) is 0 Å². The topological polar surface area (TPSA) is 105 Å². The average molecular weight is 421 g/mol. The molecular weight excluding hydrogens is 392 g/mol. The number of rotatable bonds is 4. The van der Waals surface area contributed by atoms with Gasteiger partial charge in [-0.05, 0) is 42.5 Å². The molecule has 0 unspecified atom stereocenters. The number of carbonyl (C=O) groups excluding carboxylic acids is 1. The minimum absolute atomic E-state index is 0.00733. The molecule has 0 radical (unpaired) electrons. The zero-order valence-corrected chi connectivity index (χ0v) is 18.3. The lowest BCUT2D eigenvalue weighted by Crippen LogP contribution is -2.42. The molecule has 0 bridgehead atoms. The largest absolute Gasteiger partial charge is 0.407 e. The molecule has 2 aromatic rings. The molecule has 0 aliphatic carbocycles. The summed E-state index contributed by atoms with van der Waals surface area (Å²) < 4.78 is 32.9. The van der Waals surface area contributed by atoms with Crippen molar-refractivity contribution in [1.82, 2.24) is 14.5 Å². The molecule has 1 saturated heterocycles. The predicted molar refractivity (Wildman–Crippen MR) is 109 cm³/mol. The monoisotopic (exact) mass is 420 g/mol. The van der Waals surface area contributed by atoms with Gasteiger partial charge in [-0.25, -0.2) is 8.42 Å². The van der Waals surface area contributed by atoms with Gasteiger partial charge in [0.2, 0.25) is 15.9 Å². The summed E-state index contributed by atoms with van der Waals surface area (Å²) in [6, 6.07) is 5.90. The van der Waals surface area contributed by atoms with Crippen molar-refractivity contribution in [2.45, 2.75) is 51.3 Å². The fourth-order valence-electron chi connectivity index (χ4n) is 3.48. The van der Waals surface area contributed by atoms with Crippen molar-refractivity contribution < 1.29 is 17.6 Å². The van der Waals surface area contributed by atoms with Gasteiger partial charge >= 0.3 is 6.01 Å². The molecule has 1 amide bonds. The van der Waals surface area contributed by atoms with Crippen LogP contribution in [0.3, 0.4) is 0 Å². The van der Waals surface area contributed by atoms with Gasteiger partial charge in [0.05, 0.1) is 4.90 Å². The fourth-order valence-corrected chi connectivity index (χ4v) is 5.16. The highest BCUT2D eigenvalue weighted by molar-refractivity contribution is 7.89. The number of carbonyl (C=O) groups is 1. The number of hydrogen-bond donors (Lipinski definition) is 1. The fraction of sp³-hybridized carbons (Fsp3) is 0.550. The second-order valence-electron chi connectivity index (χ2n) is 8.91. The van der Waals surface area contributed by atoms with E-state index >= 15 is 0 Å². The van der Waals surface area contributed by atoms with Gasteiger partial charge < -0.3 is 4.42 Å². The molecule has 0 spiro atoms. The van der Waals surface area contributed by atoms with Crippen LogP contribution in [0.1, 0.15) is 57.3 Å². The Morgan fingerprint density at radius 1 is 1.10 bits per heavy atom. The quantitative estimate of drug-likeness (QED) is 0.814. The molecule has 9 heteroatoms. The number of hydrogen-bond acceptors (Lipinski definition) is 6. The number of anilines is 1. The van der Waals surface area contributed by atoms with Crippen molar-refractivity contribution in [3.63, 3.8) is 0 Å². The van der Waals surface area contributed by atoms with Crippen molar-refractivity contribution in [3.05, 3.63) is 35.7 Å². The first kappa shape index (κ1) is 21.4. The van der Waals surface area contributed by atoms with E-state index in [9.17, 15) is 13.2 Å². The Labute approximate surface area is 171 Å². The van der Waals surface area contributed by atoms with E-state index in [1.165, 1.54) is 28.6 Å². The number of sulfonamides is 1. The van der Waals surface area contributed by atoms with E-state index in [0.717, 1.165) is 6.42 Å². The van der Waals surface area contributed by atoms with Gasteiger partial charge in [-0.2, -0.15) is 4.31 Å². The van der Waals surface area contributed by atoms with Crippen LogP contribution in [0.5, 0.6) is 0 Å². The number of piperidine rings is 1. The summed E-state index contributed by atoms with van der Waals surface area (Å²) in [5, 5.41) is 10.3. The van der Waals surface area contributed by atoms with Gasteiger partial charge in [0.25, 0.3) is 5.91 Å². The molecule has 8 nitrogen and oxygen atoms in total. The summed E-state index contributed by atoms with van der Waals surface area (Å²) in [6.45, 7) is 10.9. The molecule has 0 saturated carbocycles. The second kappa shape index (κ2) is 7.87. The van der Waals surface area contributed by atoms with Crippen LogP contribution < -0.4 is 5.32 Å². The predicted octanol–water partition coefficient (Wildman–Crippen LogP) is 3.29. The van der Waals surface area contributed by atoms with Crippen LogP contribution in [0.4, 0.5) is 6.01 Å². The lowest BCUT2D eigenvalue weighted by molar-refractivity contribution is 0.102. The number of nitrogens with zero attached hydrogens (tertiary/aromatic N) is 3. The Bertz CT molecular complexity index is 967. The van der Waals surface area contributed by atoms with E-state index in [2.05, 4.69) is 29.4 Å².